The standard InChI is InChI=1S/C19H22O3S/c1-19(2,3)23-14-17(15-10-6-4-7-11-15)22-18(20)21-16-12-8-5-9-13-16/h4-13,17H,14H2,1-3H3. The van der Waals surface area contributed by atoms with Gasteiger partial charge in [-0.15, -0.1) is 0 Å². The average molecular weight is 330 g/mol. The van der Waals surface area contributed by atoms with Gasteiger partial charge in [-0.3, -0.25) is 0 Å². The summed E-state index contributed by atoms with van der Waals surface area (Å²) >= 11 is 1.75. The van der Waals surface area contributed by atoms with Gasteiger partial charge in [0.15, 0.2) is 0 Å². The lowest BCUT2D eigenvalue weighted by molar-refractivity contribution is 0.0672. The number of para-hydroxylation sites is 1. The molecule has 0 spiro atoms. The highest BCUT2D eigenvalue weighted by atomic mass is 32.2. The van der Waals surface area contributed by atoms with Crippen LogP contribution in [0.3, 0.4) is 0 Å². The Labute approximate surface area is 142 Å². The minimum Gasteiger partial charge on any atom is -0.425 e. The molecule has 0 saturated heterocycles. The summed E-state index contributed by atoms with van der Waals surface area (Å²) in [5, 5.41) is 0. The molecule has 0 aliphatic heterocycles. The van der Waals surface area contributed by atoms with E-state index in [9.17, 15) is 4.79 Å². The van der Waals surface area contributed by atoms with E-state index in [4.69, 9.17) is 9.47 Å². The SMILES string of the molecule is CC(C)(C)SCC(OC(=O)Oc1ccccc1)c1ccccc1. The third kappa shape index (κ3) is 6.37. The van der Waals surface area contributed by atoms with Gasteiger partial charge in [0.05, 0.1) is 0 Å². The number of carbonyl (C=O) groups excluding carboxylic acids is 1. The van der Waals surface area contributed by atoms with Crippen molar-refractivity contribution in [3.8, 4) is 5.75 Å². The Morgan fingerprint density at radius 1 is 1.00 bits per heavy atom. The van der Waals surface area contributed by atoms with Crippen LogP contribution < -0.4 is 4.74 Å². The van der Waals surface area contributed by atoms with E-state index in [1.165, 1.54) is 0 Å². The Kier molecular flexibility index (Phi) is 6.11. The van der Waals surface area contributed by atoms with E-state index in [1.54, 1.807) is 23.9 Å². The fraction of sp³-hybridized carbons (Fsp3) is 0.316. The maximum absolute atomic E-state index is 12.1. The highest BCUT2D eigenvalue weighted by Crippen LogP contribution is 2.30. The molecule has 0 heterocycles. The Morgan fingerprint density at radius 2 is 1.57 bits per heavy atom. The molecule has 0 aromatic heterocycles. The third-order valence-electron chi connectivity index (χ3n) is 3.02. The second-order valence-electron chi connectivity index (χ2n) is 6.11. The van der Waals surface area contributed by atoms with Crippen molar-refractivity contribution in [1.82, 2.24) is 0 Å². The normalized spacial score (nSPS) is 12.5. The van der Waals surface area contributed by atoms with Gasteiger partial charge < -0.3 is 9.47 Å². The second-order valence-corrected chi connectivity index (χ2v) is 7.95. The van der Waals surface area contributed by atoms with Crippen LogP contribution in [0.5, 0.6) is 5.75 Å². The predicted molar refractivity (Wildman–Crippen MR) is 94.9 cm³/mol. The zero-order chi connectivity index (χ0) is 16.7. The van der Waals surface area contributed by atoms with E-state index >= 15 is 0 Å². The van der Waals surface area contributed by atoms with E-state index in [0.717, 1.165) is 5.56 Å². The smallest absolute Gasteiger partial charge is 0.425 e. The fourth-order valence-corrected chi connectivity index (χ4v) is 2.83. The molecule has 0 saturated carbocycles. The van der Waals surface area contributed by atoms with Gasteiger partial charge in [-0.2, -0.15) is 11.8 Å². The lowest BCUT2D eigenvalue weighted by atomic mass is 10.1. The Morgan fingerprint density at radius 3 is 2.13 bits per heavy atom. The number of thioether (sulfide) groups is 1. The van der Waals surface area contributed by atoms with E-state index in [-0.39, 0.29) is 10.9 Å². The van der Waals surface area contributed by atoms with Gasteiger partial charge >= 0.3 is 6.16 Å². The largest absolute Gasteiger partial charge is 0.514 e. The van der Waals surface area contributed by atoms with Gasteiger partial charge in [-0.05, 0) is 17.7 Å². The number of benzene rings is 2. The highest BCUT2D eigenvalue weighted by molar-refractivity contribution is 8.00. The monoisotopic (exact) mass is 330 g/mol. The van der Waals surface area contributed by atoms with Crippen molar-refractivity contribution in [3.63, 3.8) is 0 Å². The maximum atomic E-state index is 12.1. The number of rotatable bonds is 5. The van der Waals surface area contributed by atoms with Gasteiger partial charge in [-0.25, -0.2) is 4.79 Å². The second kappa shape index (κ2) is 8.06. The van der Waals surface area contributed by atoms with Crippen LogP contribution in [-0.2, 0) is 4.74 Å². The Hall–Kier alpha value is -1.94. The first-order valence-electron chi connectivity index (χ1n) is 7.56. The minimum absolute atomic E-state index is 0.0969. The van der Waals surface area contributed by atoms with Crippen molar-refractivity contribution in [2.24, 2.45) is 0 Å². The molecule has 1 unspecified atom stereocenters. The molecule has 0 bridgehead atoms. The third-order valence-corrected chi connectivity index (χ3v) is 4.36. The van der Waals surface area contributed by atoms with Crippen LogP contribution >= 0.6 is 11.8 Å². The van der Waals surface area contributed by atoms with Gasteiger partial charge in [0, 0.05) is 10.5 Å². The van der Waals surface area contributed by atoms with Crippen LogP contribution in [0.15, 0.2) is 60.7 Å². The van der Waals surface area contributed by atoms with Gasteiger partial charge in [-0.1, -0.05) is 69.3 Å². The van der Waals surface area contributed by atoms with Crippen molar-refractivity contribution in [2.45, 2.75) is 31.6 Å². The summed E-state index contributed by atoms with van der Waals surface area (Å²) in [6.45, 7) is 6.42. The molecule has 122 valence electrons. The molecule has 23 heavy (non-hydrogen) atoms. The molecule has 0 radical (unpaired) electrons. The molecule has 1 atom stereocenters. The first-order valence-corrected chi connectivity index (χ1v) is 8.55. The maximum Gasteiger partial charge on any atom is 0.514 e. The molecule has 0 aliphatic rings. The van der Waals surface area contributed by atoms with Crippen molar-refractivity contribution in [1.29, 1.82) is 0 Å². The quantitative estimate of drug-likeness (QED) is 0.537. The lowest BCUT2D eigenvalue weighted by Gasteiger charge is -2.23. The summed E-state index contributed by atoms with van der Waals surface area (Å²) in [6.07, 6.45) is -1.02. The molecule has 3 nitrogen and oxygen atoms in total. The van der Waals surface area contributed by atoms with Crippen LogP contribution in [0.2, 0.25) is 0 Å². The molecular formula is C19H22O3S. The van der Waals surface area contributed by atoms with E-state index < -0.39 is 6.16 Å². The summed E-state index contributed by atoms with van der Waals surface area (Å²) < 4.78 is 10.9. The number of hydrogen-bond acceptors (Lipinski definition) is 4. The molecule has 2 aromatic rings. The molecule has 0 amide bonds. The van der Waals surface area contributed by atoms with E-state index in [0.29, 0.717) is 11.5 Å². The average Bonchev–Trinajstić information content (AvgIpc) is 2.52. The van der Waals surface area contributed by atoms with Crippen molar-refractivity contribution < 1.29 is 14.3 Å². The molecule has 0 fully saturated rings. The zero-order valence-corrected chi connectivity index (χ0v) is 14.5. The Bertz CT molecular complexity index is 606. The predicted octanol–water partition coefficient (Wildman–Crippen LogP) is 5.48. The first kappa shape index (κ1) is 17.4. The van der Waals surface area contributed by atoms with Crippen molar-refractivity contribution in [2.75, 3.05) is 5.75 Å². The van der Waals surface area contributed by atoms with E-state index in [2.05, 4.69) is 20.8 Å². The molecule has 4 heteroatoms. The molecule has 0 aliphatic carbocycles. The van der Waals surface area contributed by atoms with Crippen molar-refractivity contribution >= 4 is 17.9 Å². The summed E-state index contributed by atoms with van der Waals surface area (Å²) in [7, 11) is 0. The number of hydrogen-bond donors (Lipinski definition) is 0. The number of carbonyl (C=O) groups is 1. The zero-order valence-electron chi connectivity index (χ0n) is 13.7. The van der Waals surface area contributed by atoms with Crippen LogP contribution in [0.4, 0.5) is 4.79 Å². The van der Waals surface area contributed by atoms with Gasteiger partial charge in [0.2, 0.25) is 0 Å². The molecule has 0 N–H and O–H groups in total. The highest BCUT2D eigenvalue weighted by Gasteiger charge is 2.21. The minimum atomic E-state index is -0.681. The summed E-state index contributed by atoms with van der Waals surface area (Å²) in [6, 6.07) is 18.7. The van der Waals surface area contributed by atoms with Gasteiger partial charge in [0.25, 0.3) is 0 Å². The van der Waals surface area contributed by atoms with Crippen LogP contribution in [-0.4, -0.2) is 16.7 Å². The summed E-state index contributed by atoms with van der Waals surface area (Å²) in [4.78, 5) is 12.1. The lowest BCUT2D eigenvalue weighted by Crippen LogP contribution is -2.19. The van der Waals surface area contributed by atoms with E-state index in [1.807, 2.05) is 48.5 Å². The fourth-order valence-electron chi connectivity index (χ4n) is 1.92. The molecular weight excluding hydrogens is 308 g/mol. The Balaban J connectivity index is 2.03. The molecule has 2 rings (SSSR count). The molecule has 2 aromatic carbocycles. The van der Waals surface area contributed by atoms with Crippen LogP contribution in [0, 0.1) is 0 Å². The van der Waals surface area contributed by atoms with Crippen LogP contribution in [0.25, 0.3) is 0 Å². The number of ether oxygens (including phenoxy) is 2. The van der Waals surface area contributed by atoms with Gasteiger partial charge in [0.1, 0.15) is 11.9 Å². The summed E-state index contributed by atoms with van der Waals surface area (Å²) in [5.74, 6) is 1.16. The van der Waals surface area contributed by atoms with Crippen molar-refractivity contribution in [3.05, 3.63) is 66.2 Å². The topological polar surface area (TPSA) is 35.5 Å². The summed E-state index contributed by atoms with van der Waals surface area (Å²) in [5.41, 5.74) is 0.967. The first-order chi connectivity index (χ1) is 10.9. The van der Waals surface area contributed by atoms with Crippen LogP contribution in [0.1, 0.15) is 32.4 Å².